The molecular formula is C55H36N2S. The maximum absolute atomic E-state index is 2.51. The minimum Gasteiger partial charge on any atom is -0.311 e. The number of hydrogen-bond acceptors (Lipinski definition) is 2. The standard InChI is InChI=1S/C55H36N2S/c1-3-15-37(16-4-1)38-27-29-40(30-28-38)56(39-17-5-2-6-18-39)41-31-33-42(34-32-41)57-51-25-13-9-21-45(51)46-35-36-50-54(53(46)57)58-52-26-14-12-24-49(52)55(50)47-22-10-7-19-43(47)44-20-8-11-23-48(44)55/h1-36H. The fraction of sp³-hybridized carbons (Fsp3) is 0.0182. The molecule has 272 valence electrons. The quantitative estimate of drug-likeness (QED) is 0.173. The zero-order valence-corrected chi connectivity index (χ0v) is 32.4. The number of benzene rings is 9. The lowest BCUT2D eigenvalue weighted by Crippen LogP contribution is -2.32. The van der Waals surface area contributed by atoms with Gasteiger partial charge in [-0.3, -0.25) is 0 Å². The molecule has 1 aromatic heterocycles. The van der Waals surface area contributed by atoms with E-state index < -0.39 is 5.41 Å². The molecule has 0 saturated heterocycles. The van der Waals surface area contributed by atoms with Crippen LogP contribution in [0.5, 0.6) is 0 Å². The van der Waals surface area contributed by atoms with E-state index in [9.17, 15) is 0 Å². The fourth-order valence-corrected chi connectivity index (χ4v) is 11.2. The summed E-state index contributed by atoms with van der Waals surface area (Å²) in [6, 6.07) is 80.2. The zero-order valence-electron chi connectivity index (χ0n) is 31.6. The predicted octanol–water partition coefficient (Wildman–Crippen LogP) is 14.7. The molecule has 1 aliphatic heterocycles. The normalized spacial score (nSPS) is 13.2. The number of aromatic nitrogens is 1. The van der Waals surface area contributed by atoms with Crippen LogP contribution in [0, 0.1) is 0 Å². The number of rotatable bonds is 5. The summed E-state index contributed by atoms with van der Waals surface area (Å²) in [7, 11) is 0. The summed E-state index contributed by atoms with van der Waals surface area (Å²) >= 11 is 1.92. The molecule has 0 N–H and O–H groups in total. The SMILES string of the molecule is c1ccc(-c2ccc(N(c3ccccc3)c3ccc(-n4c5ccccc5c5ccc6c(c54)Sc4ccccc4C64c5ccccc5-c5ccccc54)cc3)cc2)cc1. The second kappa shape index (κ2) is 13.0. The van der Waals surface area contributed by atoms with Crippen LogP contribution in [0.15, 0.2) is 228 Å². The first-order valence-corrected chi connectivity index (χ1v) is 20.8. The van der Waals surface area contributed by atoms with Gasteiger partial charge >= 0.3 is 0 Å². The summed E-state index contributed by atoms with van der Waals surface area (Å²) in [5.74, 6) is 0. The van der Waals surface area contributed by atoms with E-state index in [4.69, 9.17) is 0 Å². The summed E-state index contributed by atoms with van der Waals surface area (Å²) < 4.78 is 2.51. The first-order valence-electron chi connectivity index (χ1n) is 19.9. The molecule has 0 radical (unpaired) electrons. The smallest absolute Gasteiger partial charge is 0.0736 e. The van der Waals surface area contributed by atoms with E-state index in [1.54, 1.807) is 0 Å². The van der Waals surface area contributed by atoms with E-state index in [1.807, 2.05) is 11.8 Å². The molecule has 0 amide bonds. The lowest BCUT2D eigenvalue weighted by atomic mass is 9.67. The van der Waals surface area contributed by atoms with Crippen LogP contribution in [-0.4, -0.2) is 4.57 Å². The van der Waals surface area contributed by atoms with Gasteiger partial charge in [0.15, 0.2) is 0 Å². The molecule has 1 aliphatic carbocycles. The molecule has 10 aromatic rings. The predicted molar refractivity (Wildman–Crippen MR) is 242 cm³/mol. The van der Waals surface area contributed by atoms with Crippen LogP contribution in [0.4, 0.5) is 17.1 Å². The third kappa shape index (κ3) is 4.74. The topological polar surface area (TPSA) is 8.17 Å². The van der Waals surface area contributed by atoms with E-state index in [1.165, 1.54) is 76.1 Å². The molecule has 0 unspecified atom stereocenters. The number of fused-ring (bicyclic) bond motifs is 13. The second-order valence-corrected chi connectivity index (χ2v) is 16.3. The van der Waals surface area contributed by atoms with Crippen molar-refractivity contribution in [2.75, 3.05) is 4.90 Å². The number of nitrogens with zero attached hydrogens (tertiary/aromatic N) is 2. The molecule has 1 spiro atoms. The molecule has 12 rings (SSSR count). The lowest BCUT2D eigenvalue weighted by Gasteiger charge is -2.40. The Morgan fingerprint density at radius 3 is 1.62 bits per heavy atom. The van der Waals surface area contributed by atoms with Gasteiger partial charge < -0.3 is 9.47 Å². The van der Waals surface area contributed by atoms with Gasteiger partial charge in [0.1, 0.15) is 0 Å². The third-order valence-corrected chi connectivity index (χ3v) is 13.5. The van der Waals surface area contributed by atoms with Crippen molar-refractivity contribution in [3.63, 3.8) is 0 Å². The Kier molecular flexibility index (Phi) is 7.41. The molecule has 2 aliphatic rings. The number of hydrogen-bond donors (Lipinski definition) is 0. The summed E-state index contributed by atoms with van der Waals surface area (Å²) in [4.78, 5) is 4.96. The average molecular weight is 757 g/mol. The van der Waals surface area contributed by atoms with Crippen molar-refractivity contribution in [3.8, 4) is 27.9 Å². The van der Waals surface area contributed by atoms with Gasteiger partial charge in [-0.25, -0.2) is 0 Å². The summed E-state index contributed by atoms with van der Waals surface area (Å²) in [5, 5.41) is 2.53. The Balaban J connectivity index is 1.06. The van der Waals surface area contributed by atoms with Crippen LogP contribution in [0.25, 0.3) is 49.7 Å². The van der Waals surface area contributed by atoms with E-state index in [-0.39, 0.29) is 0 Å². The van der Waals surface area contributed by atoms with Crippen molar-refractivity contribution in [1.29, 1.82) is 0 Å². The summed E-state index contributed by atoms with van der Waals surface area (Å²) in [5.41, 5.74) is 17.0. The highest BCUT2D eigenvalue weighted by molar-refractivity contribution is 7.99. The highest BCUT2D eigenvalue weighted by Crippen LogP contribution is 2.63. The van der Waals surface area contributed by atoms with Crippen LogP contribution < -0.4 is 4.90 Å². The maximum Gasteiger partial charge on any atom is 0.0736 e. The van der Waals surface area contributed by atoms with Gasteiger partial charge in [-0.2, -0.15) is 0 Å². The van der Waals surface area contributed by atoms with E-state index in [2.05, 4.69) is 228 Å². The van der Waals surface area contributed by atoms with Gasteiger partial charge in [0.25, 0.3) is 0 Å². The molecule has 2 nitrogen and oxygen atoms in total. The highest BCUT2D eigenvalue weighted by atomic mass is 32.2. The fourth-order valence-electron chi connectivity index (χ4n) is 9.84. The minimum atomic E-state index is -0.435. The van der Waals surface area contributed by atoms with Gasteiger partial charge in [-0.05, 0) is 105 Å². The number of anilines is 3. The van der Waals surface area contributed by atoms with Crippen molar-refractivity contribution in [1.82, 2.24) is 4.57 Å². The first-order chi connectivity index (χ1) is 28.8. The van der Waals surface area contributed by atoms with Crippen molar-refractivity contribution in [3.05, 3.63) is 241 Å². The zero-order chi connectivity index (χ0) is 38.2. The summed E-state index contributed by atoms with van der Waals surface area (Å²) in [6.07, 6.45) is 0. The Morgan fingerprint density at radius 1 is 0.379 bits per heavy atom. The molecule has 9 aromatic carbocycles. The third-order valence-electron chi connectivity index (χ3n) is 12.3. The Morgan fingerprint density at radius 2 is 0.914 bits per heavy atom. The van der Waals surface area contributed by atoms with Crippen molar-refractivity contribution < 1.29 is 0 Å². The Bertz CT molecular complexity index is 3140. The van der Waals surface area contributed by atoms with Crippen LogP contribution in [0.3, 0.4) is 0 Å². The molecule has 58 heavy (non-hydrogen) atoms. The molecule has 0 fully saturated rings. The molecule has 2 heterocycles. The van der Waals surface area contributed by atoms with E-state index in [0.29, 0.717) is 0 Å². The van der Waals surface area contributed by atoms with Gasteiger partial charge in [-0.15, -0.1) is 0 Å². The molecule has 0 bridgehead atoms. The van der Waals surface area contributed by atoms with Gasteiger partial charge in [0.05, 0.1) is 16.4 Å². The van der Waals surface area contributed by atoms with Crippen LogP contribution in [0.2, 0.25) is 0 Å². The summed E-state index contributed by atoms with van der Waals surface area (Å²) in [6.45, 7) is 0. The van der Waals surface area contributed by atoms with Crippen molar-refractivity contribution >= 4 is 50.6 Å². The Labute approximate surface area is 342 Å². The van der Waals surface area contributed by atoms with Gasteiger partial charge in [0.2, 0.25) is 0 Å². The number of para-hydroxylation sites is 2. The molecule has 3 heteroatoms. The average Bonchev–Trinajstić information content (AvgIpc) is 3.79. The largest absolute Gasteiger partial charge is 0.311 e. The lowest BCUT2D eigenvalue weighted by molar-refractivity contribution is 0.724. The molecule has 0 atom stereocenters. The van der Waals surface area contributed by atoms with Crippen molar-refractivity contribution in [2.45, 2.75) is 15.2 Å². The van der Waals surface area contributed by atoms with E-state index >= 15 is 0 Å². The first kappa shape index (κ1) is 33.1. The highest BCUT2D eigenvalue weighted by Gasteiger charge is 2.50. The maximum atomic E-state index is 2.51. The minimum absolute atomic E-state index is 0.435. The Hall–Kier alpha value is -7.07. The molecule has 0 saturated carbocycles. The van der Waals surface area contributed by atoms with E-state index in [0.717, 1.165) is 22.7 Å². The second-order valence-electron chi connectivity index (χ2n) is 15.2. The van der Waals surface area contributed by atoms with Gasteiger partial charge in [0, 0.05) is 43.3 Å². The van der Waals surface area contributed by atoms with Crippen molar-refractivity contribution in [2.24, 2.45) is 0 Å². The van der Waals surface area contributed by atoms with Crippen LogP contribution in [0.1, 0.15) is 22.3 Å². The van der Waals surface area contributed by atoms with Crippen LogP contribution >= 0.6 is 11.8 Å². The molecular weight excluding hydrogens is 721 g/mol. The monoisotopic (exact) mass is 756 g/mol. The van der Waals surface area contributed by atoms with Gasteiger partial charge in [-0.1, -0.05) is 169 Å². The van der Waals surface area contributed by atoms with Crippen LogP contribution in [-0.2, 0) is 5.41 Å².